The lowest BCUT2D eigenvalue weighted by atomic mass is 10.2. The van der Waals surface area contributed by atoms with Gasteiger partial charge in [-0.2, -0.15) is 5.10 Å². The lowest BCUT2D eigenvalue weighted by molar-refractivity contribution is 0.415. The lowest BCUT2D eigenvalue weighted by Crippen LogP contribution is -2.03. The molecule has 1 N–H and O–H groups in total. The summed E-state index contributed by atoms with van der Waals surface area (Å²) in [6.07, 6.45) is 3.52. The van der Waals surface area contributed by atoms with E-state index in [0.29, 0.717) is 17.6 Å². The summed E-state index contributed by atoms with van der Waals surface area (Å²) in [6, 6.07) is 13.6. The minimum absolute atomic E-state index is 0.292. The zero-order chi connectivity index (χ0) is 22.9. The zero-order valence-corrected chi connectivity index (χ0v) is 18.2. The zero-order valence-electron chi connectivity index (χ0n) is 18.2. The van der Waals surface area contributed by atoms with E-state index in [1.54, 1.807) is 30.1 Å². The van der Waals surface area contributed by atoms with E-state index in [9.17, 15) is 4.39 Å². The molecular weight excluding hydrogens is 421 g/mol. The fourth-order valence-corrected chi connectivity index (χ4v) is 3.55. The van der Waals surface area contributed by atoms with Crippen molar-refractivity contribution in [1.29, 1.82) is 0 Å². The molecule has 0 aliphatic heterocycles. The van der Waals surface area contributed by atoms with Gasteiger partial charge < -0.3 is 4.74 Å². The van der Waals surface area contributed by atoms with Gasteiger partial charge in [0.05, 0.1) is 35.4 Å². The summed E-state index contributed by atoms with van der Waals surface area (Å²) in [7, 11) is 1.63. The molecule has 2 aromatic carbocycles. The molecule has 8 nitrogen and oxygen atoms in total. The van der Waals surface area contributed by atoms with E-state index in [-0.39, 0.29) is 5.82 Å². The first-order chi connectivity index (χ1) is 16.0. The Morgan fingerprint density at radius 2 is 1.73 bits per heavy atom. The third kappa shape index (κ3) is 4.08. The second-order valence-corrected chi connectivity index (χ2v) is 7.46. The molecule has 0 bridgehead atoms. The van der Waals surface area contributed by atoms with Gasteiger partial charge in [-0.3, -0.25) is 5.32 Å². The predicted octanol–water partition coefficient (Wildman–Crippen LogP) is 4.78. The highest BCUT2D eigenvalue weighted by molar-refractivity contribution is 5.83. The van der Waals surface area contributed by atoms with Crippen LogP contribution in [0.3, 0.4) is 0 Å². The van der Waals surface area contributed by atoms with Crippen LogP contribution in [0.15, 0.2) is 60.9 Å². The molecule has 0 unspecified atom stereocenters. The molecule has 33 heavy (non-hydrogen) atoms. The molecule has 0 aliphatic carbocycles. The van der Waals surface area contributed by atoms with Gasteiger partial charge in [-0.15, -0.1) is 0 Å². The van der Waals surface area contributed by atoms with Crippen molar-refractivity contribution in [2.24, 2.45) is 0 Å². The van der Waals surface area contributed by atoms with Crippen molar-refractivity contribution in [3.63, 3.8) is 0 Å². The van der Waals surface area contributed by atoms with Crippen molar-refractivity contribution >= 4 is 22.8 Å². The highest BCUT2D eigenvalue weighted by Gasteiger charge is 2.13. The molecule has 0 spiro atoms. The maximum atomic E-state index is 13.3. The summed E-state index contributed by atoms with van der Waals surface area (Å²) in [6.45, 7) is 3.81. The van der Waals surface area contributed by atoms with Gasteiger partial charge in [0.15, 0.2) is 0 Å². The number of halogens is 1. The number of anilines is 2. The largest absolute Gasteiger partial charge is 0.497 e. The van der Waals surface area contributed by atoms with Crippen LogP contribution >= 0.6 is 0 Å². The van der Waals surface area contributed by atoms with E-state index < -0.39 is 0 Å². The second kappa shape index (κ2) is 8.27. The number of methoxy groups -OCH3 is 1. The van der Waals surface area contributed by atoms with Crippen molar-refractivity contribution in [3.05, 3.63) is 78.1 Å². The van der Waals surface area contributed by atoms with Gasteiger partial charge in [0, 0.05) is 23.3 Å². The van der Waals surface area contributed by atoms with Crippen LogP contribution in [0.25, 0.3) is 27.8 Å². The molecule has 3 aromatic heterocycles. The molecule has 0 amide bonds. The van der Waals surface area contributed by atoms with E-state index in [2.05, 4.69) is 30.4 Å². The summed E-state index contributed by atoms with van der Waals surface area (Å²) in [4.78, 5) is 18.0. The van der Waals surface area contributed by atoms with E-state index in [1.807, 2.05) is 44.3 Å². The van der Waals surface area contributed by atoms with Gasteiger partial charge in [-0.05, 0) is 62.4 Å². The molecule has 5 rings (SSSR count). The molecular formula is C24H20FN7O. The van der Waals surface area contributed by atoms with Gasteiger partial charge in [0.2, 0.25) is 11.9 Å². The standard InChI is InChI=1S/C24H20FN7O/c1-14-19-12-18(33-3)8-9-21(19)29-24(27-14)30-23-26-11-10-22(28-23)20-13-32(31-15(20)2)17-6-4-16(25)5-7-17/h4-13H,1-3H3,(H,26,27,28,29,30). The van der Waals surface area contributed by atoms with E-state index >= 15 is 0 Å². The van der Waals surface area contributed by atoms with Crippen LogP contribution in [0.5, 0.6) is 5.75 Å². The number of hydrogen-bond acceptors (Lipinski definition) is 7. The Balaban J connectivity index is 1.45. The van der Waals surface area contributed by atoms with Crippen molar-refractivity contribution in [3.8, 4) is 22.7 Å². The van der Waals surface area contributed by atoms with Crippen LogP contribution in [0.4, 0.5) is 16.3 Å². The van der Waals surface area contributed by atoms with Crippen LogP contribution < -0.4 is 10.1 Å². The fourth-order valence-electron chi connectivity index (χ4n) is 3.55. The molecule has 0 saturated carbocycles. The third-order valence-electron chi connectivity index (χ3n) is 5.24. The number of rotatable bonds is 5. The first kappa shape index (κ1) is 20.5. The van der Waals surface area contributed by atoms with Crippen molar-refractivity contribution < 1.29 is 9.13 Å². The summed E-state index contributed by atoms with van der Waals surface area (Å²) < 4.78 is 20.2. The predicted molar refractivity (Wildman–Crippen MR) is 123 cm³/mol. The molecule has 0 radical (unpaired) electrons. The van der Waals surface area contributed by atoms with Crippen LogP contribution in [0.1, 0.15) is 11.4 Å². The minimum Gasteiger partial charge on any atom is -0.497 e. The van der Waals surface area contributed by atoms with E-state index in [0.717, 1.165) is 39.3 Å². The Kier molecular flexibility index (Phi) is 5.14. The van der Waals surface area contributed by atoms with Crippen LogP contribution in [-0.4, -0.2) is 36.8 Å². The van der Waals surface area contributed by atoms with Crippen LogP contribution in [-0.2, 0) is 0 Å². The number of nitrogens with one attached hydrogen (secondary N) is 1. The van der Waals surface area contributed by atoms with Gasteiger partial charge in [-0.1, -0.05) is 0 Å². The first-order valence-electron chi connectivity index (χ1n) is 10.3. The second-order valence-electron chi connectivity index (χ2n) is 7.46. The maximum Gasteiger partial charge on any atom is 0.230 e. The SMILES string of the molecule is COc1ccc2nc(Nc3nccc(-c4cn(-c5ccc(F)cc5)nc4C)n3)nc(C)c2c1. The lowest BCUT2D eigenvalue weighted by Gasteiger charge is -2.09. The summed E-state index contributed by atoms with van der Waals surface area (Å²) in [5, 5.41) is 8.55. The molecule has 0 aliphatic rings. The van der Waals surface area contributed by atoms with Gasteiger partial charge in [0.1, 0.15) is 11.6 Å². The highest BCUT2D eigenvalue weighted by atomic mass is 19.1. The Bertz CT molecular complexity index is 1460. The summed E-state index contributed by atoms with van der Waals surface area (Å²) in [5.74, 6) is 1.23. The van der Waals surface area contributed by atoms with Gasteiger partial charge in [0.25, 0.3) is 0 Å². The molecule has 0 saturated heterocycles. The monoisotopic (exact) mass is 441 g/mol. The molecule has 9 heteroatoms. The Hall–Kier alpha value is -4.40. The minimum atomic E-state index is -0.292. The number of aryl methyl sites for hydroxylation is 2. The van der Waals surface area contributed by atoms with E-state index in [4.69, 9.17) is 4.74 Å². The average molecular weight is 441 g/mol. The number of ether oxygens (including phenoxy) is 1. The first-order valence-corrected chi connectivity index (χ1v) is 10.3. The van der Waals surface area contributed by atoms with Crippen LogP contribution in [0.2, 0.25) is 0 Å². The summed E-state index contributed by atoms with van der Waals surface area (Å²) in [5.41, 5.74) is 4.69. The molecule has 0 fully saturated rings. The van der Waals surface area contributed by atoms with Gasteiger partial charge >= 0.3 is 0 Å². The average Bonchev–Trinajstić information content (AvgIpc) is 3.21. The van der Waals surface area contributed by atoms with Crippen molar-refractivity contribution in [2.75, 3.05) is 12.4 Å². The smallest absolute Gasteiger partial charge is 0.230 e. The normalized spacial score (nSPS) is 11.0. The molecule has 0 atom stereocenters. The number of fused-ring (bicyclic) bond motifs is 1. The Labute approximate surface area is 189 Å². The number of benzene rings is 2. The number of hydrogen-bond donors (Lipinski definition) is 1. The molecule has 3 heterocycles. The topological polar surface area (TPSA) is 90.6 Å². The highest BCUT2D eigenvalue weighted by Crippen LogP contribution is 2.25. The number of nitrogens with zero attached hydrogens (tertiary/aromatic N) is 6. The third-order valence-corrected chi connectivity index (χ3v) is 5.24. The van der Waals surface area contributed by atoms with Crippen LogP contribution in [0, 0.1) is 19.7 Å². The Morgan fingerprint density at radius 3 is 2.52 bits per heavy atom. The Morgan fingerprint density at radius 1 is 0.909 bits per heavy atom. The maximum absolute atomic E-state index is 13.3. The van der Waals surface area contributed by atoms with Crippen molar-refractivity contribution in [2.45, 2.75) is 13.8 Å². The van der Waals surface area contributed by atoms with E-state index in [1.165, 1.54) is 12.1 Å². The van der Waals surface area contributed by atoms with Crippen molar-refractivity contribution in [1.82, 2.24) is 29.7 Å². The fraction of sp³-hybridized carbons (Fsp3) is 0.125. The molecule has 164 valence electrons. The number of aromatic nitrogens is 6. The quantitative estimate of drug-likeness (QED) is 0.420. The molecule has 5 aromatic rings. The summed E-state index contributed by atoms with van der Waals surface area (Å²) >= 11 is 0. The van der Waals surface area contributed by atoms with Gasteiger partial charge in [-0.25, -0.2) is 29.0 Å².